The van der Waals surface area contributed by atoms with E-state index in [9.17, 15) is 0 Å². The molecule has 0 aromatic heterocycles. The Morgan fingerprint density at radius 3 is 2.54 bits per heavy atom. The van der Waals surface area contributed by atoms with Gasteiger partial charge in [-0.25, -0.2) is 0 Å². The van der Waals surface area contributed by atoms with E-state index in [-0.39, 0.29) is 5.92 Å². The molecular weight excluding hydrogens is 253 g/mol. The minimum atomic E-state index is -1.15. The Labute approximate surface area is 91.2 Å². The van der Waals surface area contributed by atoms with Crippen LogP contribution in [-0.2, 0) is 21.2 Å². The summed E-state index contributed by atoms with van der Waals surface area (Å²) in [7, 11) is 4.59. The van der Waals surface area contributed by atoms with Gasteiger partial charge in [0.05, 0.1) is 0 Å². The summed E-state index contributed by atoms with van der Waals surface area (Å²) in [6.07, 6.45) is 8.07. The zero-order valence-corrected chi connectivity index (χ0v) is 12.8. The molecular formula is C10H20NSiZr. The van der Waals surface area contributed by atoms with Crippen LogP contribution in [0.2, 0.25) is 17.2 Å². The number of nitrogens with zero attached hydrogens (tertiary/aromatic N) is 1. The Hall–Kier alpha value is 0.540. The molecule has 0 aromatic carbocycles. The van der Waals surface area contributed by atoms with Crippen molar-refractivity contribution in [2.45, 2.75) is 23.6 Å². The molecule has 0 unspecified atom stereocenters. The Balaban J connectivity index is 2.48. The van der Waals surface area contributed by atoms with Crippen molar-refractivity contribution in [3.05, 3.63) is 23.8 Å². The fourth-order valence-electron chi connectivity index (χ4n) is 1.73. The first kappa shape index (κ1) is 11.6. The molecule has 0 atom stereocenters. The van der Waals surface area contributed by atoms with Gasteiger partial charge in [-0.2, -0.15) is 0 Å². The summed E-state index contributed by atoms with van der Waals surface area (Å²) in [5.41, 5.74) is 1.70. The first-order valence-corrected chi connectivity index (χ1v) is 15.0. The number of allylic oxidation sites excluding steroid dienone is 4. The van der Waals surface area contributed by atoms with Crippen molar-refractivity contribution in [3.63, 3.8) is 0 Å². The van der Waals surface area contributed by atoms with Crippen LogP contribution in [0.4, 0.5) is 0 Å². The second kappa shape index (κ2) is 5.43. The maximum atomic E-state index is 2.60. The number of rotatable bonds is 4. The van der Waals surface area contributed by atoms with Crippen molar-refractivity contribution in [1.82, 2.24) is 2.84 Å². The van der Waals surface area contributed by atoms with E-state index >= 15 is 0 Å². The van der Waals surface area contributed by atoms with E-state index in [2.05, 4.69) is 48.3 Å². The topological polar surface area (TPSA) is 3.24 Å². The number of hydrogen-bond acceptors (Lipinski definition) is 1. The fraction of sp³-hybridized carbons (Fsp3) is 0.600. The predicted octanol–water partition coefficient (Wildman–Crippen LogP) is 2.37. The molecule has 73 valence electrons. The van der Waals surface area contributed by atoms with Crippen LogP contribution in [0.5, 0.6) is 0 Å². The first-order chi connectivity index (χ1) is 6.11. The van der Waals surface area contributed by atoms with Crippen LogP contribution in [0, 0.1) is 0 Å². The average molecular weight is 274 g/mol. The second-order valence-electron chi connectivity index (χ2n) is 4.17. The standard InChI is InChI=1S/C6H7.C2H6N.C2H7Si.Zr/c1-6-4-2-3-5-6;2*1-3-2;/h2-4H,1,5H2;1-2H3;3H,1-2H3;/q;-1;;+1. The van der Waals surface area contributed by atoms with E-state index in [1.165, 1.54) is 10.5 Å². The monoisotopic (exact) mass is 272 g/mol. The molecule has 0 bridgehead atoms. The average Bonchev–Trinajstić information content (AvgIpc) is 2.50. The van der Waals surface area contributed by atoms with Crippen LogP contribution >= 0.6 is 0 Å². The normalized spacial score (nSPS) is 15.7. The van der Waals surface area contributed by atoms with Gasteiger partial charge in [-0.1, -0.05) is 0 Å². The van der Waals surface area contributed by atoms with Gasteiger partial charge in [-0.05, 0) is 0 Å². The van der Waals surface area contributed by atoms with Gasteiger partial charge in [0.15, 0.2) is 0 Å². The molecule has 1 nitrogen and oxygen atoms in total. The fourth-order valence-corrected chi connectivity index (χ4v) is 17.9. The van der Waals surface area contributed by atoms with Crippen LogP contribution in [0.1, 0.15) is 6.42 Å². The van der Waals surface area contributed by atoms with Crippen LogP contribution in [0.25, 0.3) is 0 Å². The molecule has 0 spiro atoms. The van der Waals surface area contributed by atoms with E-state index in [1.807, 2.05) is 0 Å². The van der Waals surface area contributed by atoms with Crippen molar-refractivity contribution in [3.8, 4) is 0 Å². The second-order valence-corrected chi connectivity index (χ2v) is 24.4. The van der Waals surface area contributed by atoms with E-state index in [0.717, 1.165) is 0 Å². The van der Waals surface area contributed by atoms with Gasteiger partial charge >= 0.3 is 91.5 Å². The third-order valence-corrected chi connectivity index (χ3v) is 22.8. The van der Waals surface area contributed by atoms with Gasteiger partial charge in [0.25, 0.3) is 0 Å². The summed E-state index contributed by atoms with van der Waals surface area (Å²) < 4.78 is 4.07. The van der Waals surface area contributed by atoms with Crippen molar-refractivity contribution in [2.75, 3.05) is 14.1 Å². The van der Waals surface area contributed by atoms with E-state index in [4.69, 9.17) is 0 Å². The molecule has 1 aliphatic carbocycles. The molecule has 0 aliphatic heterocycles. The Morgan fingerprint density at radius 1 is 1.46 bits per heavy atom. The summed E-state index contributed by atoms with van der Waals surface area (Å²) in [5, 5.41) is 0. The van der Waals surface area contributed by atoms with E-state index in [1.54, 1.807) is 5.57 Å². The van der Waals surface area contributed by atoms with Crippen LogP contribution in [-0.4, -0.2) is 22.9 Å². The predicted molar refractivity (Wildman–Crippen MR) is 59.2 cm³/mol. The molecule has 1 aliphatic rings. The summed E-state index contributed by atoms with van der Waals surface area (Å²) in [4.78, 5) is 0. The molecule has 13 heavy (non-hydrogen) atoms. The molecule has 3 heteroatoms. The maximum absolute atomic E-state index is 2.60. The third-order valence-electron chi connectivity index (χ3n) is 2.50. The van der Waals surface area contributed by atoms with Gasteiger partial charge in [-0.15, -0.1) is 0 Å². The van der Waals surface area contributed by atoms with Crippen LogP contribution in [0.3, 0.4) is 0 Å². The molecule has 0 radical (unpaired) electrons. The summed E-state index contributed by atoms with van der Waals surface area (Å²) >= 11 is -1.15. The summed E-state index contributed by atoms with van der Waals surface area (Å²) in [6, 6.07) is 0. The van der Waals surface area contributed by atoms with Gasteiger partial charge in [0.2, 0.25) is 0 Å². The molecule has 0 amide bonds. The van der Waals surface area contributed by atoms with Crippen molar-refractivity contribution >= 4 is 5.92 Å². The molecule has 0 saturated heterocycles. The minimum absolute atomic E-state index is 0.346. The third kappa shape index (κ3) is 3.65. The molecule has 0 heterocycles. The Morgan fingerprint density at radius 2 is 2.15 bits per heavy atom. The SMILES string of the molecule is C[N](C)[Zr]([CH2]C1=CC=CC1)[SiH](C)C. The molecule has 0 N–H and O–H groups in total. The molecule has 0 aromatic rings. The molecule has 0 fully saturated rings. The summed E-state index contributed by atoms with van der Waals surface area (Å²) in [5.74, 6) is -0.346. The zero-order chi connectivity index (χ0) is 9.84. The van der Waals surface area contributed by atoms with Crippen molar-refractivity contribution in [2.24, 2.45) is 0 Å². The van der Waals surface area contributed by atoms with Gasteiger partial charge in [0.1, 0.15) is 0 Å². The van der Waals surface area contributed by atoms with E-state index < -0.39 is 21.2 Å². The Bertz CT molecular complexity index is 213. The van der Waals surface area contributed by atoms with Crippen molar-refractivity contribution < 1.29 is 21.2 Å². The Kier molecular flexibility index (Phi) is 4.85. The van der Waals surface area contributed by atoms with Crippen LogP contribution < -0.4 is 0 Å². The molecule has 1 rings (SSSR count). The number of hydrogen-bond donors (Lipinski definition) is 0. The zero-order valence-electron chi connectivity index (χ0n) is 9.17. The van der Waals surface area contributed by atoms with Gasteiger partial charge < -0.3 is 0 Å². The molecule has 0 saturated carbocycles. The van der Waals surface area contributed by atoms with Gasteiger partial charge in [-0.3, -0.25) is 0 Å². The van der Waals surface area contributed by atoms with E-state index in [0.29, 0.717) is 0 Å². The van der Waals surface area contributed by atoms with Crippen molar-refractivity contribution in [1.29, 1.82) is 0 Å². The first-order valence-electron chi connectivity index (χ1n) is 4.99. The summed E-state index contributed by atoms with van der Waals surface area (Å²) in [6.45, 7) is 5.05. The quantitative estimate of drug-likeness (QED) is 0.711. The van der Waals surface area contributed by atoms with Crippen LogP contribution in [0.15, 0.2) is 23.8 Å². The van der Waals surface area contributed by atoms with Gasteiger partial charge in [0, 0.05) is 0 Å².